The molecule has 3 aromatic carbocycles. The number of amides is 1. The first-order chi connectivity index (χ1) is 20.9. The van der Waals surface area contributed by atoms with Gasteiger partial charge in [-0.2, -0.15) is 0 Å². The van der Waals surface area contributed by atoms with E-state index in [1.807, 2.05) is 37.3 Å². The van der Waals surface area contributed by atoms with Crippen LogP contribution in [0, 0.1) is 6.92 Å². The quantitative estimate of drug-likeness (QED) is 0.135. The van der Waals surface area contributed by atoms with Gasteiger partial charge in [0.25, 0.3) is 11.7 Å². The highest BCUT2D eigenvalue weighted by Gasteiger charge is 2.45. The fourth-order valence-electron chi connectivity index (χ4n) is 5.48. The molecule has 1 amide bonds. The maximum Gasteiger partial charge on any atom is 0.295 e. The molecule has 0 bridgehead atoms. The second-order valence-corrected chi connectivity index (χ2v) is 10.8. The first kappa shape index (κ1) is 30.1. The second kappa shape index (κ2) is 14.2. The van der Waals surface area contributed by atoms with E-state index in [0.29, 0.717) is 56.5 Å². The van der Waals surface area contributed by atoms with Crippen molar-refractivity contribution in [2.45, 2.75) is 26.0 Å². The van der Waals surface area contributed by atoms with Gasteiger partial charge in [-0.1, -0.05) is 54.6 Å². The molecule has 8 nitrogen and oxygen atoms in total. The third-order valence-electron chi connectivity index (χ3n) is 7.70. The molecule has 3 aromatic rings. The van der Waals surface area contributed by atoms with Crippen LogP contribution in [0.15, 0.2) is 91.0 Å². The molecular weight excluding hydrogens is 544 g/mol. The first-order valence-corrected chi connectivity index (χ1v) is 14.7. The highest BCUT2D eigenvalue weighted by Crippen LogP contribution is 2.40. The van der Waals surface area contributed by atoms with E-state index in [-0.39, 0.29) is 11.3 Å². The van der Waals surface area contributed by atoms with Crippen LogP contribution in [-0.2, 0) is 20.9 Å². The molecule has 224 valence electrons. The Morgan fingerprint density at radius 1 is 0.977 bits per heavy atom. The van der Waals surface area contributed by atoms with Crippen molar-refractivity contribution < 1.29 is 28.9 Å². The van der Waals surface area contributed by atoms with Gasteiger partial charge in [0.1, 0.15) is 30.5 Å². The number of Topliss-reactive ketones (excluding diaryl/α,β-unsaturated/α-hetero) is 1. The normalized spacial score (nSPS) is 18.5. The summed E-state index contributed by atoms with van der Waals surface area (Å²) >= 11 is 0. The number of ether oxygens (including phenoxy) is 3. The number of carbonyl (C=O) groups is 2. The van der Waals surface area contributed by atoms with Gasteiger partial charge in [0.15, 0.2) is 0 Å². The van der Waals surface area contributed by atoms with Crippen LogP contribution in [0.2, 0.25) is 0 Å². The largest absolute Gasteiger partial charge is 0.507 e. The molecule has 2 fully saturated rings. The number of benzene rings is 3. The van der Waals surface area contributed by atoms with Gasteiger partial charge in [0.2, 0.25) is 0 Å². The maximum atomic E-state index is 13.4. The van der Waals surface area contributed by atoms with Crippen molar-refractivity contribution in [2.75, 3.05) is 46.0 Å². The molecule has 2 aliphatic rings. The van der Waals surface area contributed by atoms with Crippen molar-refractivity contribution >= 4 is 17.4 Å². The molecule has 1 N–H and O–H groups in total. The number of carbonyl (C=O) groups excluding carboxylic acids is 2. The summed E-state index contributed by atoms with van der Waals surface area (Å²) in [5.74, 6) is -0.238. The van der Waals surface area contributed by atoms with E-state index in [4.69, 9.17) is 14.2 Å². The molecule has 43 heavy (non-hydrogen) atoms. The smallest absolute Gasteiger partial charge is 0.295 e. The third-order valence-corrected chi connectivity index (χ3v) is 7.70. The number of nitrogens with zero attached hydrogens (tertiary/aromatic N) is 2. The SMILES string of the molecule is C=CCOc1ccc(C2/C(=C(\O)c3ccc(OCc4cccc(C)c4)cc3)C(=O)C(=O)N2CCCN2CCOCC2)cc1. The summed E-state index contributed by atoms with van der Waals surface area (Å²) in [6, 6.07) is 21.6. The Labute approximate surface area is 252 Å². The zero-order valence-corrected chi connectivity index (χ0v) is 24.5. The predicted molar refractivity (Wildman–Crippen MR) is 165 cm³/mol. The summed E-state index contributed by atoms with van der Waals surface area (Å²) in [5, 5.41) is 11.5. The number of aryl methyl sites for hydroxylation is 1. The van der Waals surface area contributed by atoms with E-state index in [2.05, 4.69) is 17.5 Å². The lowest BCUT2D eigenvalue weighted by Gasteiger charge is -2.29. The van der Waals surface area contributed by atoms with E-state index < -0.39 is 17.7 Å². The first-order valence-electron chi connectivity index (χ1n) is 14.7. The van der Waals surface area contributed by atoms with E-state index in [0.717, 1.165) is 36.3 Å². The number of hydrogen-bond donors (Lipinski definition) is 1. The number of likely N-dealkylation sites (tertiary alicyclic amines) is 1. The molecule has 5 rings (SSSR count). The van der Waals surface area contributed by atoms with Gasteiger partial charge in [-0.3, -0.25) is 14.5 Å². The number of ketones is 1. The summed E-state index contributed by atoms with van der Waals surface area (Å²) in [7, 11) is 0. The fraction of sp³-hybridized carbons (Fsp3) is 0.314. The van der Waals surface area contributed by atoms with Gasteiger partial charge in [0, 0.05) is 31.7 Å². The van der Waals surface area contributed by atoms with Crippen LogP contribution in [0.25, 0.3) is 5.76 Å². The zero-order chi connectivity index (χ0) is 30.2. The number of rotatable bonds is 12. The van der Waals surface area contributed by atoms with E-state index >= 15 is 0 Å². The lowest BCUT2D eigenvalue weighted by atomic mass is 9.95. The zero-order valence-electron chi connectivity index (χ0n) is 24.5. The predicted octanol–water partition coefficient (Wildman–Crippen LogP) is 5.28. The van der Waals surface area contributed by atoms with Gasteiger partial charge in [0.05, 0.1) is 24.8 Å². The van der Waals surface area contributed by atoms with Crippen LogP contribution in [0.3, 0.4) is 0 Å². The monoisotopic (exact) mass is 582 g/mol. The Balaban J connectivity index is 1.39. The molecule has 0 saturated carbocycles. The van der Waals surface area contributed by atoms with Crippen molar-refractivity contribution in [1.82, 2.24) is 9.80 Å². The minimum atomic E-state index is -0.726. The maximum absolute atomic E-state index is 13.4. The Bertz CT molecular complexity index is 1460. The highest BCUT2D eigenvalue weighted by molar-refractivity contribution is 6.46. The van der Waals surface area contributed by atoms with Gasteiger partial charge in [-0.25, -0.2) is 0 Å². The minimum Gasteiger partial charge on any atom is -0.507 e. The molecule has 2 heterocycles. The summed E-state index contributed by atoms with van der Waals surface area (Å²) < 4.78 is 17.0. The van der Waals surface area contributed by atoms with Crippen molar-refractivity contribution in [2.24, 2.45) is 0 Å². The third kappa shape index (κ3) is 7.34. The fourth-order valence-corrected chi connectivity index (χ4v) is 5.48. The van der Waals surface area contributed by atoms with Gasteiger partial charge < -0.3 is 24.2 Å². The Morgan fingerprint density at radius 3 is 2.37 bits per heavy atom. The molecule has 1 atom stereocenters. The molecule has 2 saturated heterocycles. The molecule has 0 spiro atoms. The Morgan fingerprint density at radius 2 is 1.67 bits per heavy atom. The van der Waals surface area contributed by atoms with E-state index in [1.165, 1.54) is 0 Å². The molecule has 0 aromatic heterocycles. The molecule has 8 heteroatoms. The van der Waals surface area contributed by atoms with Crippen molar-refractivity contribution in [3.05, 3.63) is 113 Å². The van der Waals surface area contributed by atoms with Gasteiger partial charge >= 0.3 is 0 Å². The number of aliphatic hydroxyl groups excluding tert-OH is 1. The van der Waals surface area contributed by atoms with Crippen molar-refractivity contribution in [3.63, 3.8) is 0 Å². The lowest BCUT2D eigenvalue weighted by Crippen LogP contribution is -2.38. The minimum absolute atomic E-state index is 0.0737. The van der Waals surface area contributed by atoms with Crippen molar-refractivity contribution in [3.8, 4) is 11.5 Å². The molecule has 1 unspecified atom stereocenters. The summed E-state index contributed by atoms with van der Waals surface area (Å²) in [6.07, 6.45) is 2.35. The number of morpholine rings is 1. The average Bonchev–Trinajstić information content (AvgIpc) is 3.28. The molecule has 0 aliphatic carbocycles. The van der Waals surface area contributed by atoms with Crippen LogP contribution in [0.1, 0.15) is 34.7 Å². The van der Waals surface area contributed by atoms with Gasteiger partial charge in [-0.15, -0.1) is 0 Å². The highest BCUT2D eigenvalue weighted by atomic mass is 16.5. The van der Waals surface area contributed by atoms with Crippen LogP contribution >= 0.6 is 0 Å². The summed E-state index contributed by atoms with van der Waals surface area (Å²) in [5.41, 5.74) is 3.44. The Kier molecular flexibility index (Phi) is 9.92. The van der Waals surface area contributed by atoms with Crippen LogP contribution in [0.5, 0.6) is 11.5 Å². The second-order valence-electron chi connectivity index (χ2n) is 10.8. The molecular formula is C35H38N2O6. The van der Waals surface area contributed by atoms with Crippen LogP contribution in [-0.4, -0.2) is 72.6 Å². The van der Waals surface area contributed by atoms with E-state index in [9.17, 15) is 14.7 Å². The number of hydrogen-bond acceptors (Lipinski definition) is 7. The Hall–Kier alpha value is -4.40. The lowest BCUT2D eigenvalue weighted by molar-refractivity contribution is -0.140. The molecule has 2 aliphatic heterocycles. The standard InChI is InChI=1S/C35H38N2O6/c1-3-20-42-29-12-8-27(9-13-29)32-31(34(39)35(40)37(32)17-5-16-36-18-21-41-22-19-36)33(38)28-10-14-30(15-11-28)43-24-26-7-4-6-25(2)23-26/h3-4,6-15,23,32,38H,1,5,16-22,24H2,2H3/b33-31+. The van der Waals surface area contributed by atoms with E-state index in [1.54, 1.807) is 47.4 Å². The number of aliphatic hydroxyl groups is 1. The van der Waals surface area contributed by atoms with Crippen LogP contribution in [0.4, 0.5) is 0 Å². The van der Waals surface area contributed by atoms with Gasteiger partial charge in [-0.05, 0) is 60.9 Å². The average molecular weight is 583 g/mol. The summed E-state index contributed by atoms with van der Waals surface area (Å²) in [4.78, 5) is 30.7. The summed E-state index contributed by atoms with van der Waals surface area (Å²) in [6.45, 7) is 10.7. The van der Waals surface area contributed by atoms with Crippen LogP contribution < -0.4 is 9.47 Å². The topological polar surface area (TPSA) is 88.5 Å². The molecule has 0 radical (unpaired) electrons. The van der Waals surface area contributed by atoms with Crippen molar-refractivity contribution in [1.29, 1.82) is 0 Å².